The van der Waals surface area contributed by atoms with Crippen molar-refractivity contribution < 1.29 is 24.5 Å². The zero-order valence-electron chi connectivity index (χ0n) is 8.52. The topological polar surface area (TPSA) is 108 Å². The van der Waals surface area contributed by atoms with E-state index in [9.17, 15) is 4.79 Å². The van der Waals surface area contributed by atoms with Crippen molar-refractivity contribution in [3.8, 4) is 0 Å². The number of esters is 1. The first-order valence-electron chi connectivity index (χ1n) is 4.18. The molecule has 0 spiro atoms. The maximum Gasteiger partial charge on any atom is 0.335 e. The highest BCUT2D eigenvalue weighted by atomic mass is 16.6. The molecule has 0 aromatic heterocycles. The van der Waals surface area contributed by atoms with E-state index in [2.05, 4.69) is 11.3 Å². The average Bonchev–Trinajstić information content (AvgIpc) is 2.15. The Morgan fingerprint density at radius 3 is 2.47 bits per heavy atom. The first-order chi connectivity index (χ1) is 6.99. The number of nitrogens with one attached hydrogen (secondary N) is 1. The molecule has 6 nitrogen and oxygen atoms in total. The molecule has 0 aliphatic heterocycles. The highest BCUT2D eigenvalue weighted by Gasteiger charge is 2.10. The molecule has 0 fully saturated rings. The van der Waals surface area contributed by atoms with Crippen molar-refractivity contribution in [3.05, 3.63) is 12.2 Å². The molecular formula is C9H15NO5. The zero-order chi connectivity index (χ0) is 12.3. The molecule has 0 rings (SSSR count). The Morgan fingerprint density at radius 1 is 1.67 bits per heavy atom. The Bertz CT molecular complexity index is 233. The molecule has 0 aromatic rings. The van der Waals surface area contributed by atoms with E-state index in [1.807, 2.05) is 0 Å². The third-order valence-corrected chi connectivity index (χ3v) is 1.20. The van der Waals surface area contributed by atoms with E-state index in [4.69, 9.17) is 20.4 Å². The normalized spacial score (nSPS) is 10.3. The van der Waals surface area contributed by atoms with E-state index >= 15 is 0 Å². The number of hydrogen-bond donors (Lipinski definition) is 3. The van der Waals surface area contributed by atoms with Crippen LogP contribution in [0.3, 0.4) is 0 Å². The summed E-state index contributed by atoms with van der Waals surface area (Å²) in [7, 11) is 0. The number of ether oxygens (including phenoxy) is 1. The molecule has 0 amide bonds. The molecule has 6 heteroatoms. The third-order valence-electron chi connectivity index (χ3n) is 1.20. The van der Waals surface area contributed by atoms with Gasteiger partial charge in [-0.15, -0.1) is 0 Å². The lowest BCUT2D eigenvalue weighted by Crippen LogP contribution is -2.18. The van der Waals surface area contributed by atoms with Gasteiger partial charge in [-0.1, -0.05) is 6.58 Å². The molecule has 0 aliphatic carbocycles. The van der Waals surface area contributed by atoms with Crippen LogP contribution in [0, 0.1) is 5.41 Å². The molecule has 0 saturated carbocycles. The molecule has 0 saturated heterocycles. The van der Waals surface area contributed by atoms with Crippen molar-refractivity contribution in [1.82, 2.24) is 0 Å². The van der Waals surface area contributed by atoms with Gasteiger partial charge < -0.3 is 14.9 Å². The number of aliphatic hydroxyl groups is 2. The summed E-state index contributed by atoms with van der Waals surface area (Å²) in [6.07, 6.45) is 0.265. The van der Waals surface area contributed by atoms with Crippen LogP contribution in [0.2, 0.25) is 0 Å². The number of rotatable bonds is 5. The summed E-state index contributed by atoms with van der Waals surface area (Å²) in [6.45, 7) is 4.83. The van der Waals surface area contributed by atoms with Crippen molar-refractivity contribution in [2.45, 2.75) is 26.1 Å². The van der Waals surface area contributed by atoms with Gasteiger partial charge in [0.05, 0.1) is 0 Å². The lowest BCUT2D eigenvalue weighted by molar-refractivity contribution is -0.164. The van der Waals surface area contributed by atoms with E-state index < -0.39 is 12.3 Å². The van der Waals surface area contributed by atoms with Gasteiger partial charge in [-0.25, -0.2) is 15.0 Å². The highest BCUT2D eigenvalue weighted by Crippen LogP contribution is 2.01. The minimum atomic E-state index is -1.14. The van der Waals surface area contributed by atoms with Gasteiger partial charge in [0.2, 0.25) is 12.4 Å². The van der Waals surface area contributed by atoms with E-state index in [0.717, 1.165) is 6.08 Å². The lowest BCUT2D eigenvalue weighted by Gasteiger charge is -2.10. The van der Waals surface area contributed by atoms with E-state index in [1.165, 1.54) is 6.92 Å². The van der Waals surface area contributed by atoms with Crippen molar-refractivity contribution in [2.75, 3.05) is 6.61 Å². The quantitative estimate of drug-likeness (QED) is 0.199. The van der Waals surface area contributed by atoms with Crippen LogP contribution < -0.4 is 0 Å². The molecule has 86 valence electrons. The van der Waals surface area contributed by atoms with Crippen LogP contribution in [0.15, 0.2) is 12.2 Å². The smallest absolute Gasteiger partial charge is 0.335 e. The van der Waals surface area contributed by atoms with Gasteiger partial charge in [0, 0.05) is 18.6 Å². The van der Waals surface area contributed by atoms with E-state index in [0.29, 0.717) is 6.42 Å². The van der Waals surface area contributed by atoms with Crippen molar-refractivity contribution >= 4 is 12.0 Å². The Balaban J connectivity index is 0. The standard InChI is InChI=1S/C8H14O4.CHNO/c1-6(2)8(11)12-7(10)4-3-5-9;2-1-3/h7,9-10H,1,3-5H2,2H3;2H. The number of carbonyl (C=O) groups is 1. The van der Waals surface area contributed by atoms with Crippen LogP contribution >= 0.6 is 0 Å². The molecule has 0 aromatic carbocycles. The van der Waals surface area contributed by atoms with Crippen molar-refractivity contribution in [1.29, 1.82) is 5.41 Å². The Labute approximate surface area is 87.7 Å². The molecule has 0 aliphatic rings. The van der Waals surface area contributed by atoms with Crippen molar-refractivity contribution in [3.63, 3.8) is 0 Å². The van der Waals surface area contributed by atoms with Gasteiger partial charge in [0.1, 0.15) is 0 Å². The molecule has 1 atom stereocenters. The average molecular weight is 217 g/mol. The summed E-state index contributed by atoms with van der Waals surface area (Å²) in [5.74, 6) is -0.611. The molecular weight excluding hydrogens is 202 g/mol. The summed E-state index contributed by atoms with van der Waals surface area (Å²) < 4.78 is 4.52. The molecule has 1 unspecified atom stereocenters. The summed E-state index contributed by atoms with van der Waals surface area (Å²) in [5.41, 5.74) is 0.248. The summed E-state index contributed by atoms with van der Waals surface area (Å²) in [5, 5.41) is 22.8. The number of carbonyl (C=O) groups excluding carboxylic acids is 2. The highest BCUT2D eigenvalue weighted by molar-refractivity contribution is 5.86. The zero-order valence-corrected chi connectivity index (χ0v) is 8.52. The van der Waals surface area contributed by atoms with Crippen LogP contribution in [0.4, 0.5) is 0 Å². The second-order valence-electron chi connectivity index (χ2n) is 2.61. The van der Waals surface area contributed by atoms with Crippen LogP contribution in [-0.2, 0) is 14.3 Å². The number of isocyanates is 1. The predicted octanol–water partition coefficient (Wildman–Crippen LogP) is 0.0976. The molecule has 0 bridgehead atoms. The van der Waals surface area contributed by atoms with Gasteiger partial charge >= 0.3 is 5.97 Å². The van der Waals surface area contributed by atoms with Crippen molar-refractivity contribution in [2.24, 2.45) is 0 Å². The van der Waals surface area contributed by atoms with E-state index in [1.54, 1.807) is 0 Å². The van der Waals surface area contributed by atoms with E-state index in [-0.39, 0.29) is 18.6 Å². The number of hydrogen-bond acceptors (Lipinski definition) is 6. The fourth-order valence-electron chi connectivity index (χ4n) is 0.549. The Morgan fingerprint density at radius 2 is 2.13 bits per heavy atom. The maximum atomic E-state index is 10.8. The summed E-state index contributed by atoms with van der Waals surface area (Å²) in [6, 6.07) is 0. The summed E-state index contributed by atoms with van der Waals surface area (Å²) >= 11 is 0. The second kappa shape index (κ2) is 10.6. The molecule has 3 N–H and O–H groups in total. The maximum absolute atomic E-state index is 10.8. The third kappa shape index (κ3) is 12.5. The second-order valence-corrected chi connectivity index (χ2v) is 2.61. The first kappa shape index (κ1) is 16.0. The van der Waals surface area contributed by atoms with Gasteiger partial charge in [0.15, 0.2) is 0 Å². The minimum absolute atomic E-state index is 0.0261. The number of aliphatic hydroxyl groups excluding tert-OH is 2. The van der Waals surface area contributed by atoms with Crippen LogP contribution in [0.25, 0.3) is 0 Å². The SMILES string of the molecule is C=C(C)C(=O)OC(O)CCCO.N=C=O. The Hall–Kier alpha value is -1.49. The lowest BCUT2D eigenvalue weighted by atomic mass is 10.3. The van der Waals surface area contributed by atoms with Gasteiger partial charge in [0.25, 0.3) is 0 Å². The fourth-order valence-corrected chi connectivity index (χ4v) is 0.549. The van der Waals surface area contributed by atoms with Crippen LogP contribution in [0.1, 0.15) is 19.8 Å². The summed E-state index contributed by atoms with van der Waals surface area (Å²) in [4.78, 5) is 19.1. The molecule has 0 heterocycles. The monoisotopic (exact) mass is 217 g/mol. The van der Waals surface area contributed by atoms with Gasteiger partial charge in [-0.3, -0.25) is 0 Å². The first-order valence-corrected chi connectivity index (χ1v) is 4.18. The fraction of sp³-hybridized carbons (Fsp3) is 0.556. The van der Waals surface area contributed by atoms with Crippen LogP contribution in [-0.4, -0.2) is 35.2 Å². The van der Waals surface area contributed by atoms with Crippen LogP contribution in [0.5, 0.6) is 0 Å². The minimum Gasteiger partial charge on any atom is -0.433 e. The Kier molecular flexibility index (Phi) is 11.3. The predicted molar refractivity (Wildman–Crippen MR) is 51.6 cm³/mol. The van der Waals surface area contributed by atoms with Gasteiger partial charge in [-0.05, 0) is 13.3 Å². The van der Waals surface area contributed by atoms with Gasteiger partial charge in [-0.2, -0.15) is 0 Å². The largest absolute Gasteiger partial charge is 0.433 e. The molecule has 0 radical (unpaired) electrons. The molecule has 15 heavy (non-hydrogen) atoms.